The molecule has 0 saturated heterocycles. The maximum atomic E-state index is 5.17. The Labute approximate surface area is 124 Å². The monoisotopic (exact) mass is 278 g/mol. The van der Waals surface area contributed by atoms with Gasteiger partial charge in [-0.1, -0.05) is 19.9 Å². The van der Waals surface area contributed by atoms with Crippen LogP contribution in [0.1, 0.15) is 31.9 Å². The van der Waals surface area contributed by atoms with Crippen LogP contribution < -0.4 is 10.2 Å². The van der Waals surface area contributed by atoms with E-state index in [-0.39, 0.29) is 0 Å². The molecule has 0 bridgehead atoms. The molecule has 0 aliphatic heterocycles. The van der Waals surface area contributed by atoms with Crippen LogP contribution in [0.25, 0.3) is 0 Å². The van der Waals surface area contributed by atoms with Crippen LogP contribution in [0.5, 0.6) is 0 Å². The minimum absolute atomic E-state index is 0.694. The number of likely N-dealkylation sites (N-methyl/N-ethyl adjacent to an activating group) is 1. The van der Waals surface area contributed by atoms with E-state index in [9.17, 15) is 0 Å². The molecule has 1 rings (SSSR count). The maximum absolute atomic E-state index is 5.17. The first-order chi connectivity index (χ1) is 9.58. The van der Waals surface area contributed by atoms with E-state index < -0.39 is 0 Å². The third kappa shape index (κ3) is 5.51. The van der Waals surface area contributed by atoms with Gasteiger partial charge in [-0.05, 0) is 49.6 Å². The van der Waals surface area contributed by atoms with Gasteiger partial charge in [0.15, 0.2) is 0 Å². The number of nitrogens with zero attached hydrogens (tertiary/aromatic N) is 1. The summed E-state index contributed by atoms with van der Waals surface area (Å²) in [6.45, 7) is 13.6. The lowest BCUT2D eigenvalue weighted by Gasteiger charge is -2.24. The van der Waals surface area contributed by atoms with Crippen LogP contribution in [-0.2, 0) is 11.3 Å². The van der Waals surface area contributed by atoms with E-state index in [0.717, 1.165) is 32.8 Å². The summed E-state index contributed by atoms with van der Waals surface area (Å²) in [5.74, 6) is 0.694. The molecule has 1 aromatic carbocycles. The van der Waals surface area contributed by atoms with Crippen LogP contribution in [0.4, 0.5) is 5.69 Å². The number of aryl methyl sites for hydroxylation is 1. The van der Waals surface area contributed by atoms with E-state index >= 15 is 0 Å². The molecule has 0 spiro atoms. The topological polar surface area (TPSA) is 24.5 Å². The average molecular weight is 278 g/mol. The molecule has 114 valence electrons. The fourth-order valence-electron chi connectivity index (χ4n) is 2.24. The van der Waals surface area contributed by atoms with Gasteiger partial charge in [0.1, 0.15) is 0 Å². The summed E-state index contributed by atoms with van der Waals surface area (Å²) >= 11 is 0. The van der Waals surface area contributed by atoms with Crippen molar-refractivity contribution in [2.75, 3.05) is 38.3 Å². The van der Waals surface area contributed by atoms with Crippen molar-refractivity contribution in [1.29, 1.82) is 0 Å². The molecule has 0 aromatic heterocycles. The highest BCUT2D eigenvalue weighted by molar-refractivity contribution is 5.50. The molecular formula is C17H30N2O. The summed E-state index contributed by atoms with van der Waals surface area (Å²) in [5, 5.41) is 3.51. The quantitative estimate of drug-likeness (QED) is 0.750. The highest BCUT2D eigenvalue weighted by Crippen LogP contribution is 2.19. The third-order valence-electron chi connectivity index (χ3n) is 3.51. The van der Waals surface area contributed by atoms with E-state index in [0.29, 0.717) is 5.92 Å². The number of nitrogens with one attached hydrogen (secondary N) is 1. The first-order valence-corrected chi connectivity index (χ1v) is 7.62. The van der Waals surface area contributed by atoms with Crippen molar-refractivity contribution in [1.82, 2.24) is 5.32 Å². The van der Waals surface area contributed by atoms with Crippen LogP contribution in [0.15, 0.2) is 18.2 Å². The van der Waals surface area contributed by atoms with Gasteiger partial charge in [-0.25, -0.2) is 0 Å². The standard InChI is InChI=1S/C17H30N2O/c1-6-19(9-10-20-5)17-8-7-16(15(4)11-17)13-18-12-14(2)3/h7-8,11,14,18H,6,9-10,12-13H2,1-5H3. The summed E-state index contributed by atoms with van der Waals surface area (Å²) in [6, 6.07) is 6.75. The second-order valence-electron chi connectivity index (χ2n) is 5.71. The summed E-state index contributed by atoms with van der Waals surface area (Å²) < 4.78 is 5.17. The normalized spacial score (nSPS) is 11.1. The van der Waals surface area contributed by atoms with Gasteiger partial charge in [-0.2, -0.15) is 0 Å². The second kappa shape index (κ2) is 8.98. The van der Waals surface area contributed by atoms with E-state index in [1.807, 2.05) is 0 Å². The Morgan fingerprint density at radius 1 is 1.30 bits per heavy atom. The van der Waals surface area contributed by atoms with Crippen LogP contribution >= 0.6 is 0 Å². The van der Waals surface area contributed by atoms with Crippen molar-refractivity contribution in [3.63, 3.8) is 0 Å². The molecule has 0 fully saturated rings. The van der Waals surface area contributed by atoms with Gasteiger partial charge in [0.2, 0.25) is 0 Å². The number of hydrogen-bond donors (Lipinski definition) is 1. The highest BCUT2D eigenvalue weighted by atomic mass is 16.5. The summed E-state index contributed by atoms with van der Waals surface area (Å²) in [6.07, 6.45) is 0. The van der Waals surface area contributed by atoms with Gasteiger partial charge in [0.05, 0.1) is 6.61 Å². The van der Waals surface area contributed by atoms with Crippen LogP contribution in [0, 0.1) is 12.8 Å². The molecule has 0 heterocycles. The van der Waals surface area contributed by atoms with Gasteiger partial charge in [0.25, 0.3) is 0 Å². The molecule has 1 aromatic rings. The van der Waals surface area contributed by atoms with E-state index in [2.05, 4.69) is 56.1 Å². The van der Waals surface area contributed by atoms with Crippen molar-refractivity contribution in [3.05, 3.63) is 29.3 Å². The van der Waals surface area contributed by atoms with Gasteiger partial charge in [-0.3, -0.25) is 0 Å². The van der Waals surface area contributed by atoms with E-state index in [4.69, 9.17) is 4.74 Å². The number of ether oxygens (including phenoxy) is 1. The van der Waals surface area contributed by atoms with Crippen LogP contribution in [0.2, 0.25) is 0 Å². The van der Waals surface area contributed by atoms with Crippen molar-refractivity contribution >= 4 is 5.69 Å². The molecule has 3 heteroatoms. The van der Waals surface area contributed by atoms with E-state index in [1.165, 1.54) is 16.8 Å². The minimum Gasteiger partial charge on any atom is -0.383 e. The maximum Gasteiger partial charge on any atom is 0.0637 e. The van der Waals surface area contributed by atoms with Crippen molar-refractivity contribution in [2.24, 2.45) is 5.92 Å². The molecule has 0 atom stereocenters. The number of methoxy groups -OCH3 is 1. The number of hydrogen-bond acceptors (Lipinski definition) is 3. The van der Waals surface area contributed by atoms with Crippen LogP contribution in [0.3, 0.4) is 0 Å². The molecular weight excluding hydrogens is 248 g/mol. The lowest BCUT2D eigenvalue weighted by Crippen LogP contribution is -2.27. The Morgan fingerprint density at radius 3 is 2.60 bits per heavy atom. The van der Waals surface area contributed by atoms with Gasteiger partial charge < -0.3 is 15.0 Å². The molecule has 0 aliphatic rings. The molecule has 20 heavy (non-hydrogen) atoms. The summed E-state index contributed by atoms with van der Waals surface area (Å²) in [5.41, 5.74) is 4.03. The van der Waals surface area contributed by atoms with Gasteiger partial charge in [-0.15, -0.1) is 0 Å². The number of rotatable bonds is 9. The first kappa shape index (κ1) is 17.0. The zero-order valence-corrected chi connectivity index (χ0v) is 13.7. The average Bonchev–Trinajstić information content (AvgIpc) is 2.41. The fourth-order valence-corrected chi connectivity index (χ4v) is 2.24. The summed E-state index contributed by atoms with van der Waals surface area (Å²) in [7, 11) is 1.75. The predicted molar refractivity (Wildman–Crippen MR) is 87.5 cm³/mol. The lowest BCUT2D eigenvalue weighted by molar-refractivity contribution is 0.205. The van der Waals surface area contributed by atoms with Crippen molar-refractivity contribution in [3.8, 4) is 0 Å². The highest BCUT2D eigenvalue weighted by Gasteiger charge is 2.06. The Bertz CT molecular complexity index is 391. The van der Waals surface area contributed by atoms with Crippen LogP contribution in [-0.4, -0.2) is 33.4 Å². The molecule has 0 saturated carbocycles. The third-order valence-corrected chi connectivity index (χ3v) is 3.51. The second-order valence-corrected chi connectivity index (χ2v) is 5.71. The number of anilines is 1. The fraction of sp³-hybridized carbons (Fsp3) is 0.647. The molecule has 0 radical (unpaired) electrons. The largest absolute Gasteiger partial charge is 0.383 e. The predicted octanol–water partition coefficient (Wildman–Crippen LogP) is 3.21. The SMILES string of the molecule is CCN(CCOC)c1ccc(CNCC(C)C)c(C)c1. The van der Waals surface area contributed by atoms with E-state index in [1.54, 1.807) is 7.11 Å². The number of benzene rings is 1. The molecule has 0 aliphatic carbocycles. The Kier molecular flexibility index (Phi) is 7.63. The first-order valence-electron chi connectivity index (χ1n) is 7.62. The zero-order chi connectivity index (χ0) is 15.0. The zero-order valence-electron chi connectivity index (χ0n) is 13.7. The van der Waals surface area contributed by atoms with Gasteiger partial charge >= 0.3 is 0 Å². The van der Waals surface area contributed by atoms with Crippen molar-refractivity contribution in [2.45, 2.75) is 34.2 Å². The Balaban J connectivity index is 2.65. The molecule has 1 N–H and O–H groups in total. The summed E-state index contributed by atoms with van der Waals surface area (Å²) in [4.78, 5) is 2.35. The minimum atomic E-state index is 0.694. The van der Waals surface area contributed by atoms with Gasteiger partial charge in [0, 0.05) is 32.4 Å². The smallest absolute Gasteiger partial charge is 0.0637 e. The molecule has 3 nitrogen and oxygen atoms in total. The Hall–Kier alpha value is -1.06. The lowest BCUT2D eigenvalue weighted by atomic mass is 10.1. The Morgan fingerprint density at radius 2 is 2.05 bits per heavy atom. The van der Waals surface area contributed by atoms with Crippen molar-refractivity contribution < 1.29 is 4.74 Å². The molecule has 0 unspecified atom stereocenters. The molecule has 0 amide bonds.